The lowest BCUT2D eigenvalue weighted by molar-refractivity contribution is 0.403. The van der Waals surface area contributed by atoms with Crippen molar-refractivity contribution in [2.24, 2.45) is 0 Å². The highest BCUT2D eigenvalue weighted by atomic mass is 19.1. The number of aryl methyl sites for hydroxylation is 1. The SMILES string of the molecule is CNC(c1cc(F)ccc1OC)c1cccc(C)c1F. The van der Waals surface area contributed by atoms with Gasteiger partial charge in [-0.05, 0) is 37.7 Å². The Labute approximate surface area is 117 Å². The molecule has 1 N–H and O–H groups in total. The predicted octanol–water partition coefficient (Wildman–Crippen LogP) is 3.59. The minimum absolute atomic E-state index is 0.293. The lowest BCUT2D eigenvalue weighted by Gasteiger charge is -2.21. The summed E-state index contributed by atoms with van der Waals surface area (Å²) in [4.78, 5) is 0. The van der Waals surface area contributed by atoms with Gasteiger partial charge >= 0.3 is 0 Å². The maximum atomic E-state index is 14.3. The van der Waals surface area contributed by atoms with Crippen molar-refractivity contribution in [3.63, 3.8) is 0 Å². The average molecular weight is 277 g/mol. The van der Waals surface area contributed by atoms with Gasteiger partial charge in [0.15, 0.2) is 0 Å². The normalized spacial score (nSPS) is 12.2. The first-order chi connectivity index (χ1) is 9.58. The molecule has 20 heavy (non-hydrogen) atoms. The Morgan fingerprint density at radius 1 is 1.10 bits per heavy atom. The number of benzene rings is 2. The van der Waals surface area contributed by atoms with Crippen molar-refractivity contribution < 1.29 is 13.5 Å². The Bertz CT molecular complexity index is 613. The van der Waals surface area contributed by atoms with E-state index in [1.54, 1.807) is 38.2 Å². The number of hydrogen-bond donors (Lipinski definition) is 1. The smallest absolute Gasteiger partial charge is 0.131 e. The van der Waals surface area contributed by atoms with Gasteiger partial charge in [-0.2, -0.15) is 0 Å². The lowest BCUT2D eigenvalue weighted by atomic mass is 9.96. The highest BCUT2D eigenvalue weighted by molar-refractivity contribution is 5.43. The minimum Gasteiger partial charge on any atom is -0.496 e. The Hall–Kier alpha value is -1.94. The molecule has 0 aliphatic rings. The maximum absolute atomic E-state index is 14.3. The first-order valence-electron chi connectivity index (χ1n) is 6.34. The zero-order valence-electron chi connectivity index (χ0n) is 11.7. The van der Waals surface area contributed by atoms with Gasteiger partial charge in [0, 0.05) is 11.1 Å². The van der Waals surface area contributed by atoms with Crippen LogP contribution in [0.4, 0.5) is 8.78 Å². The molecule has 0 bridgehead atoms. The molecule has 106 valence electrons. The molecule has 2 aromatic rings. The van der Waals surface area contributed by atoms with Gasteiger partial charge in [0.1, 0.15) is 17.4 Å². The fourth-order valence-corrected chi connectivity index (χ4v) is 2.30. The van der Waals surface area contributed by atoms with Gasteiger partial charge in [-0.15, -0.1) is 0 Å². The molecule has 4 heteroatoms. The third-order valence-electron chi connectivity index (χ3n) is 3.32. The molecule has 0 saturated carbocycles. The third kappa shape index (κ3) is 2.65. The van der Waals surface area contributed by atoms with Gasteiger partial charge in [0.2, 0.25) is 0 Å². The van der Waals surface area contributed by atoms with Crippen LogP contribution < -0.4 is 10.1 Å². The van der Waals surface area contributed by atoms with Gasteiger partial charge in [0.05, 0.1) is 13.2 Å². The number of hydrogen-bond acceptors (Lipinski definition) is 2. The van der Waals surface area contributed by atoms with E-state index in [4.69, 9.17) is 4.74 Å². The van der Waals surface area contributed by atoms with Crippen molar-refractivity contribution in [2.45, 2.75) is 13.0 Å². The summed E-state index contributed by atoms with van der Waals surface area (Å²) in [6.07, 6.45) is 0. The van der Waals surface area contributed by atoms with Crippen LogP contribution in [0.25, 0.3) is 0 Å². The Kier molecular flexibility index (Phi) is 4.35. The predicted molar refractivity (Wildman–Crippen MR) is 75.0 cm³/mol. The molecule has 1 unspecified atom stereocenters. The number of ether oxygens (including phenoxy) is 1. The van der Waals surface area contributed by atoms with E-state index in [0.29, 0.717) is 22.4 Å². The molecule has 0 aromatic heterocycles. The van der Waals surface area contributed by atoms with E-state index < -0.39 is 6.04 Å². The summed E-state index contributed by atoms with van der Waals surface area (Å²) in [7, 11) is 3.22. The second-order valence-corrected chi connectivity index (χ2v) is 4.59. The zero-order valence-corrected chi connectivity index (χ0v) is 11.7. The third-order valence-corrected chi connectivity index (χ3v) is 3.32. The average Bonchev–Trinajstić information content (AvgIpc) is 2.44. The fraction of sp³-hybridized carbons (Fsp3) is 0.250. The van der Waals surface area contributed by atoms with Crippen LogP contribution in [0.3, 0.4) is 0 Å². The van der Waals surface area contributed by atoms with Gasteiger partial charge in [0.25, 0.3) is 0 Å². The lowest BCUT2D eigenvalue weighted by Crippen LogP contribution is -2.20. The number of rotatable bonds is 4. The van der Waals surface area contributed by atoms with E-state index in [1.165, 1.54) is 19.2 Å². The summed E-state index contributed by atoms with van der Waals surface area (Å²) in [6, 6.07) is 8.93. The Morgan fingerprint density at radius 3 is 2.50 bits per heavy atom. The Morgan fingerprint density at radius 2 is 1.85 bits per heavy atom. The summed E-state index contributed by atoms with van der Waals surface area (Å²) in [6.45, 7) is 1.70. The maximum Gasteiger partial charge on any atom is 0.131 e. The molecular weight excluding hydrogens is 260 g/mol. The molecule has 0 amide bonds. The van der Waals surface area contributed by atoms with Crippen molar-refractivity contribution >= 4 is 0 Å². The molecule has 0 spiro atoms. The van der Waals surface area contributed by atoms with Crippen LogP contribution in [0.2, 0.25) is 0 Å². The molecule has 2 aromatic carbocycles. The summed E-state index contributed by atoms with van der Waals surface area (Å²) >= 11 is 0. The van der Waals surface area contributed by atoms with E-state index in [9.17, 15) is 8.78 Å². The van der Waals surface area contributed by atoms with Gasteiger partial charge < -0.3 is 10.1 Å². The second kappa shape index (κ2) is 6.01. The molecule has 2 rings (SSSR count). The number of nitrogens with one attached hydrogen (secondary N) is 1. The van der Waals surface area contributed by atoms with Gasteiger partial charge in [-0.25, -0.2) is 8.78 Å². The van der Waals surface area contributed by atoms with Gasteiger partial charge in [-0.1, -0.05) is 18.2 Å². The molecule has 0 radical (unpaired) electrons. The van der Waals surface area contributed by atoms with Crippen LogP contribution in [0.1, 0.15) is 22.7 Å². The summed E-state index contributed by atoms with van der Waals surface area (Å²) < 4.78 is 33.0. The first kappa shape index (κ1) is 14.5. The summed E-state index contributed by atoms with van der Waals surface area (Å²) in [5, 5.41) is 3.02. The highest BCUT2D eigenvalue weighted by Gasteiger charge is 2.21. The largest absolute Gasteiger partial charge is 0.496 e. The summed E-state index contributed by atoms with van der Waals surface area (Å²) in [5.74, 6) is -0.154. The molecule has 0 aliphatic carbocycles. The van der Waals surface area contributed by atoms with E-state index in [0.717, 1.165) is 0 Å². The monoisotopic (exact) mass is 277 g/mol. The van der Waals surface area contributed by atoms with Crippen molar-refractivity contribution in [1.82, 2.24) is 5.32 Å². The topological polar surface area (TPSA) is 21.3 Å². The zero-order chi connectivity index (χ0) is 14.7. The quantitative estimate of drug-likeness (QED) is 0.922. The molecule has 2 nitrogen and oxygen atoms in total. The Balaban J connectivity index is 2.58. The molecule has 1 atom stereocenters. The highest BCUT2D eigenvalue weighted by Crippen LogP contribution is 2.32. The van der Waals surface area contributed by atoms with E-state index >= 15 is 0 Å². The molecule has 0 heterocycles. The van der Waals surface area contributed by atoms with Crippen LogP contribution in [0.15, 0.2) is 36.4 Å². The van der Waals surface area contributed by atoms with Crippen LogP contribution in [-0.4, -0.2) is 14.2 Å². The molecule has 0 aliphatic heterocycles. The van der Waals surface area contributed by atoms with Crippen LogP contribution in [0.5, 0.6) is 5.75 Å². The van der Waals surface area contributed by atoms with E-state index in [-0.39, 0.29) is 11.6 Å². The van der Waals surface area contributed by atoms with Crippen LogP contribution in [0, 0.1) is 18.6 Å². The molecular formula is C16H17F2NO. The van der Waals surface area contributed by atoms with E-state index in [2.05, 4.69) is 5.32 Å². The van der Waals surface area contributed by atoms with Crippen LogP contribution in [-0.2, 0) is 0 Å². The number of methoxy groups -OCH3 is 1. The van der Waals surface area contributed by atoms with Gasteiger partial charge in [-0.3, -0.25) is 0 Å². The molecule has 0 fully saturated rings. The standard InChI is InChI=1S/C16H17F2NO/c1-10-5-4-6-12(15(10)18)16(19-2)13-9-11(17)7-8-14(13)20-3/h4-9,16,19H,1-3H3. The first-order valence-corrected chi connectivity index (χ1v) is 6.34. The fourth-order valence-electron chi connectivity index (χ4n) is 2.30. The van der Waals surface area contributed by atoms with Crippen molar-refractivity contribution in [3.8, 4) is 5.75 Å². The van der Waals surface area contributed by atoms with Crippen molar-refractivity contribution in [2.75, 3.05) is 14.2 Å². The van der Waals surface area contributed by atoms with E-state index in [1.807, 2.05) is 0 Å². The van der Waals surface area contributed by atoms with Crippen LogP contribution >= 0.6 is 0 Å². The summed E-state index contributed by atoms with van der Waals surface area (Å²) in [5.41, 5.74) is 1.59. The van der Waals surface area contributed by atoms with Crippen molar-refractivity contribution in [1.29, 1.82) is 0 Å². The molecule has 0 saturated heterocycles. The second-order valence-electron chi connectivity index (χ2n) is 4.59. The minimum atomic E-state index is -0.472. The van der Waals surface area contributed by atoms with Crippen molar-refractivity contribution in [3.05, 3.63) is 64.7 Å². The number of halogens is 2.